The second kappa shape index (κ2) is 6.69. The van der Waals surface area contributed by atoms with Crippen LogP contribution in [0.4, 0.5) is 0 Å². The lowest BCUT2D eigenvalue weighted by Gasteiger charge is -2.14. The molecule has 3 rings (SSSR count). The van der Waals surface area contributed by atoms with Crippen LogP contribution in [0.15, 0.2) is 51.9 Å². The first-order chi connectivity index (χ1) is 11.2. The number of furan rings is 1. The van der Waals surface area contributed by atoms with Gasteiger partial charge in [0.2, 0.25) is 0 Å². The van der Waals surface area contributed by atoms with Gasteiger partial charge in [0, 0.05) is 13.3 Å². The second-order valence-electron chi connectivity index (χ2n) is 5.38. The summed E-state index contributed by atoms with van der Waals surface area (Å²) in [6.07, 6.45) is 0.231. The number of carbonyl (C=O) groups is 1. The molecule has 1 aliphatic rings. The third-order valence-electron chi connectivity index (χ3n) is 3.68. The highest BCUT2D eigenvalue weighted by molar-refractivity contribution is 5.85. The normalized spacial score (nSPS) is 20.0. The van der Waals surface area contributed by atoms with Crippen LogP contribution in [0.5, 0.6) is 0 Å². The standard InChI is InChI=1S/C18H19NO4/c1-3-14-9-10-15(23-14)17-16(19-12(2)22-17)18(20)21-11-13-7-5-4-6-8-13/h4-10,16-17H,3,11H2,1-2H3. The minimum atomic E-state index is -0.727. The molecular formula is C18H19NO4. The highest BCUT2D eigenvalue weighted by atomic mass is 16.5. The fraction of sp³-hybridized carbons (Fsp3) is 0.333. The number of esters is 1. The largest absolute Gasteiger partial charge is 0.467 e. The minimum absolute atomic E-state index is 0.218. The van der Waals surface area contributed by atoms with Crippen molar-refractivity contribution >= 4 is 11.9 Å². The Kier molecular flexibility index (Phi) is 4.46. The maximum atomic E-state index is 12.4. The predicted octanol–water partition coefficient (Wildman–Crippen LogP) is 3.44. The van der Waals surface area contributed by atoms with Gasteiger partial charge in [0.1, 0.15) is 18.1 Å². The van der Waals surface area contributed by atoms with Crippen molar-refractivity contribution in [3.05, 3.63) is 59.5 Å². The molecule has 5 heteroatoms. The monoisotopic (exact) mass is 313 g/mol. The van der Waals surface area contributed by atoms with E-state index in [2.05, 4.69) is 4.99 Å². The van der Waals surface area contributed by atoms with E-state index in [4.69, 9.17) is 13.9 Å². The predicted molar refractivity (Wildman–Crippen MR) is 85.0 cm³/mol. The average Bonchev–Trinajstić information content (AvgIpc) is 3.19. The lowest BCUT2D eigenvalue weighted by Crippen LogP contribution is -2.26. The zero-order valence-electron chi connectivity index (χ0n) is 13.2. The van der Waals surface area contributed by atoms with Gasteiger partial charge in [-0.25, -0.2) is 9.79 Å². The van der Waals surface area contributed by atoms with Crippen LogP contribution in [-0.4, -0.2) is 17.9 Å². The first kappa shape index (κ1) is 15.3. The van der Waals surface area contributed by atoms with Gasteiger partial charge in [-0.3, -0.25) is 0 Å². The van der Waals surface area contributed by atoms with E-state index in [1.54, 1.807) is 6.92 Å². The van der Waals surface area contributed by atoms with Crippen LogP contribution < -0.4 is 0 Å². The number of rotatable bonds is 5. The van der Waals surface area contributed by atoms with Crippen LogP contribution >= 0.6 is 0 Å². The van der Waals surface area contributed by atoms with Crippen molar-refractivity contribution in [3.8, 4) is 0 Å². The van der Waals surface area contributed by atoms with E-state index in [1.807, 2.05) is 49.4 Å². The molecule has 0 saturated carbocycles. The molecule has 0 spiro atoms. The summed E-state index contributed by atoms with van der Waals surface area (Å²) in [5.41, 5.74) is 0.934. The first-order valence-electron chi connectivity index (χ1n) is 7.67. The van der Waals surface area contributed by atoms with Gasteiger partial charge >= 0.3 is 5.97 Å². The molecule has 120 valence electrons. The van der Waals surface area contributed by atoms with E-state index in [1.165, 1.54) is 0 Å². The first-order valence-corrected chi connectivity index (χ1v) is 7.67. The second-order valence-corrected chi connectivity index (χ2v) is 5.38. The molecule has 1 aliphatic heterocycles. The zero-order chi connectivity index (χ0) is 16.2. The molecule has 0 fully saturated rings. The molecule has 1 aromatic carbocycles. The average molecular weight is 313 g/mol. The van der Waals surface area contributed by atoms with Crippen molar-refractivity contribution in [2.45, 2.75) is 39.0 Å². The molecule has 23 heavy (non-hydrogen) atoms. The van der Waals surface area contributed by atoms with Crippen LogP contribution in [0.25, 0.3) is 0 Å². The number of aliphatic imine (C=N–C) groups is 1. The Balaban J connectivity index is 1.69. The molecular weight excluding hydrogens is 294 g/mol. The van der Waals surface area contributed by atoms with E-state index in [9.17, 15) is 4.79 Å². The Morgan fingerprint density at radius 2 is 2.00 bits per heavy atom. The van der Waals surface area contributed by atoms with Crippen LogP contribution in [0, 0.1) is 0 Å². The third kappa shape index (κ3) is 3.44. The lowest BCUT2D eigenvalue weighted by molar-refractivity contribution is -0.148. The van der Waals surface area contributed by atoms with E-state index in [0.29, 0.717) is 11.7 Å². The lowest BCUT2D eigenvalue weighted by atomic mass is 10.1. The van der Waals surface area contributed by atoms with Gasteiger partial charge in [-0.05, 0) is 17.7 Å². The third-order valence-corrected chi connectivity index (χ3v) is 3.68. The molecule has 0 radical (unpaired) electrons. The Morgan fingerprint density at radius 1 is 1.22 bits per heavy atom. The molecule has 0 bridgehead atoms. The summed E-state index contributed by atoms with van der Waals surface area (Å²) in [4.78, 5) is 16.6. The Morgan fingerprint density at radius 3 is 2.70 bits per heavy atom. The van der Waals surface area contributed by atoms with Gasteiger partial charge in [0.05, 0.1) is 0 Å². The van der Waals surface area contributed by atoms with Gasteiger partial charge in [-0.2, -0.15) is 0 Å². The Bertz CT molecular complexity index is 705. The highest BCUT2D eigenvalue weighted by Gasteiger charge is 2.39. The summed E-state index contributed by atoms with van der Waals surface area (Å²) >= 11 is 0. The van der Waals surface area contributed by atoms with Gasteiger partial charge in [-0.1, -0.05) is 37.3 Å². The fourth-order valence-electron chi connectivity index (χ4n) is 2.48. The maximum absolute atomic E-state index is 12.4. The molecule has 2 unspecified atom stereocenters. The summed E-state index contributed by atoms with van der Waals surface area (Å²) in [6, 6.07) is 12.5. The number of nitrogens with zero attached hydrogens (tertiary/aromatic N) is 1. The van der Waals surface area contributed by atoms with Crippen LogP contribution in [0.2, 0.25) is 0 Å². The molecule has 0 N–H and O–H groups in total. The van der Waals surface area contributed by atoms with Crippen molar-refractivity contribution in [3.63, 3.8) is 0 Å². The van der Waals surface area contributed by atoms with E-state index >= 15 is 0 Å². The fourth-order valence-corrected chi connectivity index (χ4v) is 2.48. The zero-order valence-corrected chi connectivity index (χ0v) is 13.2. The SMILES string of the molecule is CCc1ccc(C2OC(C)=NC2C(=O)OCc2ccccc2)o1. The minimum Gasteiger partial charge on any atom is -0.467 e. The Hall–Kier alpha value is -2.56. The van der Waals surface area contributed by atoms with Gasteiger partial charge < -0.3 is 13.9 Å². The van der Waals surface area contributed by atoms with Gasteiger partial charge in [0.15, 0.2) is 18.0 Å². The van der Waals surface area contributed by atoms with Gasteiger partial charge in [-0.15, -0.1) is 0 Å². The summed E-state index contributed by atoms with van der Waals surface area (Å²) in [5, 5.41) is 0. The number of carbonyl (C=O) groups excluding carboxylic acids is 1. The van der Waals surface area contributed by atoms with E-state index in [-0.39, 0.29) is 6.61 Å². The Labute approximate surface area is 134 Å². The number of benzene rings is 1. The molecule has 0 amide bonds. The number of hydrogen-bond donors (Lipinski definition) is 0. The number of hydrogen-bond acceptors (Lipinski definition) is 5. The van der Waals surface area contributed by atoms with Crippen molar-refractivity contribution in [1.29, 1.82) is 0 Å². The summed E-state index contributed by atoms with van der Waals surface area (Å²) in [5.74, 6) is 1.50. The summed E-state index contributed by atoms with van der Waals surface area (Å²) < 4.78 is 16.7. The molecule has 2 aromatic rings. The van der Waals surface area contributed by atoms with Crippen molar-refractivity contribution < 1.29 is 18.7 Å². The summed E-state index contributed by atoms with van der Waals surface area (Å²) in [6.45, 7) is 3.95. The smallest absolute Gasteiger partial charge is 0.335 e. The van der Waals surface area contributed by atoms with Crippen molar-refractivity contribution in [1.82, 2.24) is 0 Å². The van der Waals surface area contributed by atoms with Gasteiger partial charge in [0.25, 0.3) is 0 Å². The molecule has 1 aromatic heterocycles. The molecule has 2 heterocycles. The molecule has 5 nitrogen and oxygen atoms in total. The molecule has 0 aliphatic carbocycles. The molecule has 0 saturated heterocycles. The summed E-state index contributed by atoms with van der Waals surface area (Å²) in [7, 11) is 0. The number of aryl methyl sites for hydroxylation is 1. The van der Waals surface area contributed by atoms with Crippen molar-refractivity contribution in [2.24, 2.45) is 4.99 Å². The number of ether oxygens (including phenoxy) is 2. The van der Waals surface area contributed by atoms with E-state index in [0.717, 1.165) is 17.7 Å². The highest BCUT2D eigenvalue weighted by Crippen LogP contribution is 2.31. The maximum Gasteiger partial charge on any atom is 0.335 e. The van der Waals surface area contributed by atoms with Crippen LogP contribution in [0.3, 0.4) is 0 Å². The van der Waals surface area contributed by atoms with Crippen LogP contribution in [0.1, 0.15) is 37.0 Å². The molecule has 2 atom stereocenters. The van der Waals surface area contributed by atoms with E-state index < -0.39 is 18.1 Å². The van der Waals surface area contributed by atoms with Crippen molar-refractivity contribution in [2.75, 3.05) is 0 Å². The van der Waals surface area contributed by atoms with Crippen LogP contribution in [-0.2, 0) is 27.3 Å². The topological polar surface area (TPSA) is 61.0 Å². The quantitative estimate of drug-likeness (QED) is 0.793.